The van der Waals surface area contributed by atoms with E-state index >= 15 is 0 Å². The van der Waals surface area contributed by atoms with E-state index in [1.165, 1.54) is 5.56 Å². The SMILES string of the molecule is CC(C)(CCCc1cc(Br)ccc1N)[Si](C)(C)O. The first-order chi connectivity index (χ1) is 8.13. The van der Waals surface area contributed by atoms with Crippen LogP contribution in [0.4, 0.5) is 5.69 Å². The molecule has 0 aliphatic carbocycles. The van der Waals surface area contributed by atoms with Gasteiger partial charge in [-0.2, -0.15) is 0 Å². The maximum absolute atomic E-state index is 10.2. The molecule has 2 nitrogen and oxygen atoms in total. The minimum atomic E-state index is -2.09. The predicted molar refractivity (Wildman–Crippen MR) is 85.2 cm³/mol. The van der Waals surface area contributed by atoms with Crippen LogP contribution in [0.3, 0.4) is 0 Å². The van der Waals surface area contributed by atoms with E-state index in [-0.39, 0.29) is 5.04 Å². The summed E-state index contributed by atoms with van der Waals surface area (Å²) in [5, 5.41) is 0.0494. The van der Waals surface area contributed by atoms with Gasteiger partial charge in [0.25, 0.3) is 0 Å². The minimum Gasteiger partial charge on any atom is -0.432 e. The Morgan fingerprint density at radius 3 is 2.50 bits per heavy atom. The first kappa shape index (κ1) is 15.7. The van der Waals surface area contributed by atoms with Gasteiger partial charge in [0.05, 0.1) is 0 Å². The molecule has 0 saturated carbocycles. The Morgan fingerprint density at radius 1 is 1.33 bits per heavy atom. The first-order valence-electron chi connectivity index (χ1n) is 6.40. The summed E-state index contributed by atoms with van der Waals surface area (Å²) in [7, 11) is -2.09. The maximum atomic E-state index is 10.2. The Kier molecular flexibility index (Phi) is 5.03. The molecule has 1 aromatic rings. The predicted octanol–water partition coefficient (Wildman–Crippen LogP) is 4.33. The highest BCUT2D eigenvalue weighted by Crippen LogP contribution is 2.40. The van der Waals surface area contributed by atoms with Crippen molar-refractivity contribution in [3.63, 3.8) is 0 Å². The van der Waals surface area contributed by atoms with E-state index in [1.807, 2.05) is 25.2 Å². The number of nitrogens with two attached hydrogens (primary N) is 1. The van der Waals surface area contributed by atoms with Gasteiger partial charge in [-0.25, -0.2) is 0 Å². The highest BCUT2D eigenvalue weighted by atomic mass is 79.9. The number of nitrogen functional groups attached to an aromatic ring is 1. The van der Waals surface area contributed by atoms with Gasteiger partial charge in [0.2, 0.25) is 0 Å². The van der Waals surface area contributed by atoms with Crippen molar-refractivity contribution in [2.45, 2.75) is 51.2 Å². The van der Waals surface area contributed by atoms with E-state index in [4.69, 9.17) is 5.73 Å². The lowest BCUT2D eigenvalue weighted by molar-refractivity contribution is 0.443. The number of aryl methyl sites for hydroxylation is 1. The number of anilines is 1. The van der Waals surface area contributed by atoms with Crippen molar-refractivity contribution in [2.24, 2.45) is 0 Å². The average molecular weight is 330 g/mol. The molecule has 0 radical (unpaired) electrons. The summed E-state index contributed by atoms with van der Waals surface area (Å²) in [6.45, 7) is 8.37. The quantitative estimate of drug-likeness (QED) is 0.623. The third kappa shape index (κ3) is 4.11. The van der Waals surface area contributed by atoms with Crippen molar-refractivity contribution in [2.75, 3.05) is 5.73 Å². The average Bonchev–Trinajstić information content (AvgIpc) is 2.21. The van der Waals surface area contributed by atoms with Gasteiger partial charge in [-0.05, 0) is 61.2 Å². The largest absolute Gasteiger partial charge is 0.432 e. The van der Waals surface area contributed by atoms with Crippen LogP contribution in [0, 0.1) is 0 Å². The second kappa shape index (κ2) is 5.76. The summed E-state index contributed by atoms with van der Waals surface area (Å²) >= 11 is 3.47. The number of benzene rings is 1. The van der Waals surface area contributed by atoms with Crippen LogP contribution in [-0.4, -0.2) is 13.1 Å². The molecule has 4 heteroatoms. The van der Waals surface area contributed by atoms with Gasteiger partial charge in [-0.3, -0.25) is 0 Å². The number of halogens is 1. The van der Waals surface area contributed by atoms with Crippen molar-refractivity contribution in [3.8, 4) is 0 Å². The van der Waals surface area contributed by atoms with Gasteiger partial charge in [0.1, 0.15) is 0 Å². The van der Waals surface area contributed by atoms with E-state index in [0.717, 1.165) is 29.4 Å². The number of hydrogen-bond donors (Lipinski definition) is 2. The van der Waals surface area contributed by atoms with Crippen LogP contribution in [0.5, 0.6) is 0 Å². The summed E-state index contributed by atoms with van der Waals surface area (Å²) in [6, 6.07) is 5.99. The number of hydrogen-bond acceptors (Lipinski definition) is 2. The highest BCUT2D eigenvalue weighted by Gasteiger charge is 2.37. The van der Waals surface area contributed by atoms with Crippen LogP contribution < -0.4 is 5.73 Å². The van der Waals surface area contributed by atoms with Crippen LogP contribution in [0.15, 0.2) is 22.7 Å². The zero-order valence-corrected chi connectivity index (χ0v) is 14.3. The van der Waals surface area contributed by atoms with Gasteiger partial charge in [-0.1, -0.05) is 29.8 Å². The molecule has 1 rings (SSSR count). The van der Waals surface area contributed by atoms with Crippen LogP contribution in [-0.2, 0) is 6.42 Å². The van der Waals surface area contributed by atoms with Crippen molar-refractivity contribution >= 4 is 29.9 Å². The van der Waals surface area contributed by atoms with E-state index in [1.54, 1.807) is 0 Å². The van der Waals surface area contributed by atoms with Gasteiger partial charge in [0.15, 0.2) is 8.32 Å². The normalized spacial score (nSPS) is 12.8. The first-order valence-corrected chi connectivity index (χ1v) is 10.1. The topological polar surface area (TPSA) is 46.2 Å². The monoisotopic (exact) mass is 329 g/mol. The van der Waals surface area contributed by atoms with E-state index in [0.29, 0.717) is 0 Å². The molecular weight excluding hydrogens is 306 g/mol. The maximum Gasteiger partial charge on any atom is 0.188 e. The van der Waals surface area contributed by atoms with Crippen LogP contribution in [0.1, 0.15) is 32.3 Å². The summed E-state index contributed by atoms with van der Waals surface area (Å²) < 4.78 is 1.07. The zero-order chi connectivity index (χ0) is 14.0. The minimum absolute atomic E-state index is 0.0494. The Hall–Kier alpha value is -0.323. The standard InChI is InChI=1S/C14H24BrNOSi/c1-14(2,18(3,4)17)9-5-6-11-10-12(15)7-8-13(11)16/h7-8,10,17H,5-6,9,16H2,1-4H3. The molecule has 0 heterocycles. The van der Waals surface area contributed by atoms with Crippen LogP contribution in [0.25, 0.3) is 0 Å². The number of rotatable bonds is 5. The molecule has 0 unspecified atom stereocenters. The molecule has 0 atom stereocenters. The molecular formula is C14H24BrNOSi. The molecule has 1 aromatic carbocycles. The van der Waals surface area contributed by atoms with Crippen molar-refractivity contribution in [1.29, 1.82) is 0 Å². The highest BCUT2D eigenvalue weighted by molar-refractivity contribution is 9.10. The Labute approximate surface area is 120 Å². The van der Waals surface area contributed by atoms with Crippen molar-refractivity contribution in [1.82, 2.24) is 0 Å². The molecule has 0 aliphatic heterocycles. The Morgan fingerprint density at radius 2 is 1.94 bits per heavy atom. The summed E-state index contributed by atoms with van der Waals surface area (Å²) in [5.41, 5.74) is 8.01. The van der Waals surface area contributed by atoms with Crippen LogP contribution in [0.2, 0.25) is 18.1 Å². The second-order valence-electron chi connectivity index (χ2n) is 6.14. The Bertz CT molecular complexity index is 413. The lowest BCUT2D eigenvalue weighted by Crippen LogP contribution is -2.38. The third-order valence-corrected chi connectivity index (χ3v) is 8.06. The molecule has 0 aliphatic rings. The fourth-order valence-electron chi connectivity index (χ4n) is 1.82. The van der Waals surface area contributed by atoms with Crippen molar-refractivity contribution < 1.29 is 4.80 Å². The van der Waals surface area contributed by atoms with Gasteiger partial charge >= 0.3 is 0 Å². The molecule has 0 amide bonds. The van der Waals surface area contributed by atoms with E-state index in [2.05, 4.69) is 35.8 Å². The van der Waals surface area contributed by atoms with Gasteiger partial charge in [-0.15, -0.1) is 0 Å². The molecule has 18 heavy (non-hydrogen) atoms. The molecule has 3 N–H and O–H groups in total. The second-order valence-corrected chi connectivity index (χ2v) is 11.5. The molecule has 102 valence electrons. The fourth-order valence-corrected chi connectivity index (χ4v) is 3.01. The fraction of sp³-hybridized carbons (Fsp3) is 0.571. The Balaban J connectivity index is 2.59. The smallest absolute Gasteiger partial charge is 0.188 e. The summed E-state index contributed by atoms with van der Waals surface area (Å²) in [6.07, 6.45) is 3.07. The summed E-state index contributed by atoms with van der Waals surface area (Å²) in [5.74, 6) is 0. The zero-order valence-electron chi connectivity index (χ0n) is 11.8. The molecule has 0 aromatic heterocycles. The molecule has 0 bridgehead atoms. The summed E-state index contributed by atoms with van der Waals surface area (Å²) in [4.78, 5) is 10.2. The lowest BCUT2D eigenvalue weighted by Gasteiger charge is -2.35. The third-order valence-electron chi connectivity index (χ3n) is 4.01. The molecule has 0 saturated heterocycles. The molecule has 0 fully saturated rings. The van der Waals surface area contributed by atoms with Gasteiger partial charge in [0, 0.05) is 10.2 Å². The van der Waals surface area contributed by atoms with E-state index in [9.17, 15) is 4.80 Å². The van der Waals surface area contributed by atoms with Crippen LogP contribution >= 0.6 is 15.9 Å². The molecule has 0 spiro atoms. The van der Waals surface area contributed by atoms with Crippen molar-refractivity contribution in [3.05, 3.63) is 28.2 Å². The van der Waals surface area contributed by atoms with E-state index < -0.39 is 8.32 Å². The lowest BCUT2D eigenvalue weighted by atomic mass is 10.0. The van der Waals surface area contributed by atoms with Gasteiger partial charge < -0.3 is 10.5 Å².